The van der Waals surface area contributed by atoms with Gasteiger partial charge in [0, 0.05) is 0 Å². The number of rotatable bonds is 2. The van der Waals surface area contributed by atoms with Crippen LogP contribution in [0, 0.1) is 10.1 Å². The van der Waals surface area contributed by atoms with Gasteiger partial charge in [-0.15, -0.1) is 0 Å². The molecule has 5 nitrogen and oxygen atoms in total. The minimum atomic E-state index is -0.532. The number of hydrogen-bond acceptors (Lipinski definition) is 4. The number of hydrogen-bond donors (Lipinski definition) is 0. The predicted octanol–water partition coefficient (Wildman–Crippen LogP) is 2.52. The third kappa shape index (κ3) is 2.16. The van der Waals surface area contributed by atoms with Crippen molar-refractivity contribution in [2.24, 2.45) is 0 Å². The second-order valence-corrected chi connectivity index (χ2v) is 3.61. The van der Waals surface area contributed by atoms with Crippen molar-refractivity contribution in [2.45, 2.75) is 0 Å². The lowest BCUT2D eigenvalue weighted by molar-refractivity contribution is -0.386. The molecule has 1 rings (SSSR count). The van der Waals surface area contributed by atoms with Gasteiger partial charge in [-0.25, -0.2) is 4.98 Å². The Labute approximate surface area is 90.5 Å². The molecule has 0 aliphatic rings. The van der Waals surface area contributed by atoms with Crippen LogP contribution in [-0.4, -0.2) is 17.0 Å². The van der Waals surface area contributed by atoms with E-state index in [9.17, 15) is 10.1 Å². The molecule has 1 aromatic rings. The summed E-state index contributed by atoms with van der Waals surface area (Å²) in [6, 6.07) is 1.28. The average molecular weight is 312 g/mol. The molecule has 0 atom stereocenters. The van der Waals surface area contributed by atoms with Crippen molar-refractivity contribution in [3.8, 4) is 5.75 Å². The Kier molecular flexibility index (Phi) is 3.21. The molecule has 0 aliphatic heterocycles. The van der Waals surface area contributed by atoms with Gasteiger partial charge in [0.25, 0.3) is 0 Å². The molecule has 70 valence electrons. The third-order valence-corrected chi connectivity index (χ3v) is 2.23. The van der Waals surface area contributed by atoms with Gasteiger partial charge in [-0.1, -0.05) is 0 Å². The smallest absolute Gasteiger partial charge is 0.316 e. The highest BCUT2D eigenvalue weighted by atomic mass is 79.9. The summed E-state index contributed by atoms with van der Waals surface area (Å²) >= 11 is 6.10. The van der Waals surface area contributed by atoms with E-state index in [-0.39, 0.29) is 11.4 Å². The van der Waals surface area contributed by atoms with E-state index in [4.69, 9.17) is 4.74 Å². The zero-order chi connectivity index (χ0) is 10.0. The van der Waals surface area contributed by atoms with Crippen LogP contribution in [0.4, 0.5) is 5.69 Å². The van der Waals surface area contributed by atoms with Crippen LogP contribution in [0.15, 0.2) is 15.3 Å². The molecule has 0 aliphatic carbocycles. The minimum Gasteiger partial charge on any atom is -0.488 e. The van der Waals surface area contributed by atoms with E-state index < -0.39 is 4.92 Å². The molecule has 0 unspecified atom stereocenters. The zero-order valence-corrected chi connectivity index (χ0v) is 9.62. The SMILES string of the molecule is COc1c([N+](=O)[O-])cc(Br)nc1Br. The van der Waals surface area contributed by atoms with Gasteiger partial charge in [0.15, 0.2) is 4.60 Å². The summed E-state index contributed by atoms with van der Waals surface area (Å²) < 4.78 is 5.50. The molecule has 13 heavy (non-hydrogen) atoms. The Morgan fingerprint density at radius 3 is 2.69 bits per heavy atom. The van der Waals surface area contributed by atoms with E-state index >= 15 is 0 Å². The van der Waals surface area contributed by atoms with Gasteiger partial charge in [-0.05, 0) is 31.9 Å². The standard InChI is InChI=1S/C6H4Br2N2O3/c1-13-5-3(10(11)12)2-4(7)9-6(5)8/h2H,1H3. The maximum atomic E-state index is 10.5. The second-order valence-electron chi connectivity index (χ2n) is 2.05. The summed E-state index contributed by atoms with van der Waals surface area (Å²) in [6.45, 7) is 0. The lowest BCUT2D eigenvalue weighted by Gasteiger charge is -2.03. The molecule has 0 bridgehead atoms. The summed E-state index contributed by atoms with van der Waals surface area (Å²) in [7, 11) is 1.35. The summed E-state index contributed by atoms with van der Waals surface area (Å²) in [5.74, 6) is 0.119. The molecular weight excluding hydrogens is 308 g/mol. The Bertz CT molecular complexity index is 356. The number of nitrogens with zero attached hydrogens (tertiary/aromatic N) is 2. The quantitative estimate of drug-likeness (QED) is 0.478. The molecule has 0 spiro atoms. The molecule has 0 amide bonds. The fraction of sp³-hybridized carbons (Fsp3) is 0.167. The fourth-order valence-corrected chi connectivity index (χ4v) is 1.97. The second kappa shape index (κ2) is 4.01. The van der Waals surface area contributed by atoms with Crippen molar-refractivity contribution in [2.75, 3.05) is 7.11 Å². The van der Waals surface area contributed by atoms with Crippen molar-refractivity contribution in [1.29, 1.82) is 0 Å². The first-order valence-corrected chi connectivity index (χ1v) is 4.69. The van der Waals surface area contributed by atoms with Gasteiger partial charge >= 0.3 is 5.69 Å². The van der Waals surface area contributed by atoms with Gasteiger partial charge in [-0.2, -0.15) is 0 Å². The van der Waals surface area contributed by atoms with Crippen LogP contribution in [0.2, 0.25) is 0 Å². The maximum Gasteiger partial charge on any atom is 0.316 e. The van der Waals surface area contributed by atoms with Crippen molar-refractivity contribution < 1.29 is 9.66 Å². The molecule has 0 fully saturated rings. The lowest BCUT2D eigenvalue weighted by Crippen LogP contribution is -1.96. The number of ether oxygens (including phenoxy) is 1. The van der Waals surface area contributed by atoms with Gasteiger partial charge in [0.05, 0.1) is 18.1 Å². The van der Waals surface area contributed by atoms with Crippen molar-refractivity contribution >= 4 is 37.5 Å². The molecule has 0 saturated heterocycles. The van der Waals surface area contributed by atoms with Crippen molar-refractivity contribution in [3.63, 3.8) is 0 Å². The Morgan fingerprint density at radius 2 is 2.23 bits per heavy atom. The molecule has 0 aromatic carbocycles. The van der Waals surface area contributed by atoms with E-state index in [0.29, 0.717) is 9.21 Å². The topological polar surface area (TPSA) is 65.3 Å². The monoisotopic (exact) mass is 310 g/mol. The van der Waals surface area contributed by atoms with Crippen LogP contribution in [0.25, 0.3) is 0 Å². The Hall–Kier alpha value is -0.690. The first kappa shape index (κ1) is 10.4. The summed E-state index contributed by atoms with van der Waals surface area (Å²) in [6.07, 6.45) is 0. The molecular formula is C6H4Br2N2O3. The largest absolute Gasteiger partial charge is 0.488 e. The first-order chi connectivity index (χ1) is 6.06. The Morgan fingerprint density at radius 1 is 1.62 bits per heavy atom. The molecule has 0 radical (unpaired) electrons. The predicted molar refractivity (Wildman–Crippen MR) is 52.8 cm³/mol. The van der Waals surface area contributed by atoms with E-state index in [2.05, 4.69) is 36.8 Å². The zero-order valence-electron chi connectivity index (χ0n) is 6.45. The third-order valence-electron chi connectivity index (χ3n) is 1.28. The van der Waals surface area contributed by atoms with E-state index in [0.717, 1.165) is 0 Å². The fourth-order valence-electron chi connectivity index (χ4n) is 0.785. The molecule has 1 aromatic heterocycles. The molecule has 0 N–H and O–H groups in total. The number of nitro groups is 1. The normalized spacial score (nSPS) is 9.77. The summed E-state index contributed by atoms with van der Waals surface area (Å²) in [4.78, 5) is 13.9. The highest BCUT2D eigenvalue weighted by molar-refractivity contribution is 9.11. The van der Waals surface area contributed by atoms with Gasteiger partial charge < -0.3 is 4.74 Å². The molecule has 7 heteroatoms. The highest BCUT2D eigenvalue weighted by Gasteiger charge is 2.19. The van der Waals surface area contributed by atoms with Crippen molar-refractivity contribution in [1.82, 2.24) is 4.98 Å². The van der Waals surface area contributed by atoms with Gasteiger partial charge in [-0.3, -0.25) is 10.1 Å². The van der Waals surface area contributed by atoms with Crippen LogP contribution >= 0.6 is 31.9 Å². The maximum absolute atomic E-state index is 10.5. The summed E-state index contributed by atoms with van der Waals surface area (Å²) in [5, 5.41) is 10.5. The first-order valence-electron chi connectivity index (χ1n) is 3.10. The van der Waals surface area contributed by atoms with E-state index in [1.807, 2.05) is 0 Å². The number of aromatic nitrogens is 1. The molecule has 1 heterocycles. The van der Waals surface area contributed by atoms with Crippen LogP contribution in [-0.2, 0) is 0 Å². The number of halogens is 2. The minimum absolute atomic E-state index is 0.119. The van der Waals surface area contributed by atoms with E-state index in [1.165, 1.54) is 13.2 Å². The van der Waals surface area contributed by atoms with Crippen molar-refractivity contribution in [3.05, 3.63) is 25.4 Å². The number of methoxy groups -OCH3 is 1. The highest BCUT2D eigenvalue weighted by Crippen LogP contribution is 2.34. The Balaban J connectivity index is 3.38. The van der Waals surface area contributed by atoms with Gasteiger partial charge in [0.2, 0.25) is 5.75 Å². The number of pyridine rings is 1. The van der Waals surface area contributed by atoms with Crippen LogP contribution in [0.1, 0.15) is 0 Å². The van der Waals surface area contributed by atoms with Crippen LogP contribution < -0.4 is 4.74 Å². The van der Waals surface area contributed by atoms with Crippen LogP contribution in [0.3, 0.4) is 0 Å². The molecule has 0 saturated carbocycles. The summed E-state index contributed by atoms with van der Waals surface area (Å²) in [5.41, 5.74) is -0.128. The van der Waals surface area contributed by atoms with Gasteiger partial charge in [0.1, 0.15) is 4.60 Å². The van der Waals surface area contributed by atoms with Crippen LogP contribution in [0.5, 0.6) is 5.75 Å². The lowest BCUT2D eigenvalue weighted by atomic mass is 10.4. The van der Waals surface area contributed by atoms with E-state index in [1.54, 1.807) is 0 Å². The average Bonchev–Trinajstić information content (AvgIpc) is 2.02.